The van der Waals surface area contributed by atoms with Crippen molar-refractivity contribution in [1.82, 2.24) is 0 Å². The number of thioether (sulfide) groups is 1. The summed E-state index contributed by atoms with van der Waals surface area (Å²) in [5.74, 6) is -4.39. The SMILES string of the molecule is CSCC[C@H](N)C(=O)O.C[C@@H](O)[C@H](N)C(=O)O.C[C@H](N)C(=O)O.NCC(=O)O.N[C@@H](CO)C(=O)O. The quantitative estimate of drug-likeness (QED) is 0.125. The Labute approximate surface area is 206 Å². The van der Waals surface area contributed by atoms with E-state index in [9.17, 15) is 24.0 Å². The number of rotatable bonds is 10. The molecule has 0 saturated heterocycles. The second-order valence-corrected chi connectivity index (χ2v) is 7.17. The third-order valence-electron chi connectivity index (χ3n) is 2.83. The highest BCUT2D eigenvalue weighted by Gasteiger charge is 2.16. The van der Waals surface area contributed by atoms with Gasteiger partial charge in [-0.05, 0) is 32.3 Å². The van der Waals surface area contributed by atoms with E-state index >= 15 is 0 Å². The summed E-state index contributed by atoms with van der Waals surface area (Å²) in [5.41, 5.74) is 24.3. The predicted molar refractivity (Wildman–Crippen MR) is 127 cm³/mol. The van der Waals surface area contributed by atoms with Crippen LogP contribution in [-0.2, 0) is 24.0 Å². The van der Waals surface area contributed by atoms with Gasteiger partial charge >= 0.3 is 29.8 Å². The molecule has 0 saturated carbocycles. The summed E-state index contributed by atoms with van der Waals surface area (Å²) >= 11 is 1.60. The first-order chi connectivity index (χ1) is 15.8. The standard InChI is InChI=1S/C5H11NO2S.C4H9NO3.C3H7NO3.C3H7NO2.C2H5NO2/c1-9-3-2-4(6)5(7)8;1-2(6)3(5)4(7)8;4-2(1-5)3(6)7;1-2(4)3(5)6;3-1-2(4)5/h4H,2-3,6H2,1H3,(H,7,8);2-3,6H,5H2,1H3,(H,7,8);2,5H,1,4H2,(H,6,7);2H,4H2,1H3,(H,5,6);1,3H2,(H,4,5)/t4-;2-,3+;2*2-;/m0100./s1. The molecule has 0 bridgehead atoms. The molecule has 0 unspecified atom stereocenters. The average Bonchev–Trinajstić information content (AvgIpc) is 2.77. The van der Waals surface area contributed by atoms with Crippen LogP contribution in [0.2, 0.25) is 0 Å². The van der Waals surface area contributed by atoms with Gasteiger partial charge in [-0.1, -0.05) is 0 Å². The van der Waals surface area contributed by atoms with E-state index in [-0.39, 0.29) is 6.54 Å². The number of hydrogen-bond donors (Lipinski definition) is 12. The lowest BCUT2D eigenvalue weighted by Crippen LogP contribution is -2.39. The summed E-state index contributed by atoms with van der Waals surface area (Å²) in [6.07, 6.45) is 1.50. The van der Waals surface area contributed by atoms with Crippen LogP contribution in [0.25, 0.3) is 0 Å². The molecule has 0 aromatic rings. The molecule has 0 rings (SSSR count). The number of hydrogen-bond acceptors (Lipinski definition) is 13. The summed E-state index contributed by atoms with van der Waals surface area (Å²) in [6.45, 7) is 1.97. The fourth-order valence-electron chi connectivity index (χ4n) is 0.653. The Hall–Kier alpha value is -2.58. The van der Waals surface area contributed by atoms with Gasteiger partial charge in [0.25, 0.3) is 0 Å². The molecular formula is C17H39N5O12S. The number of carboxylic acids is 5. The van der Waals surface area contributed by atoms with Gasteiger partial charge in [0.2, 0.25) is 0 Å². The van der Waals surface area contributed by atoms with Gasteiger partial charge in [0.15, 0.2) is 0 Å². The highest BCUT2D eigenvalue weighted by Crippen LogP contribution is 1.97. The minimum Gasteiger partial charge on any atom is -0.480 e. The topological polar surface area (TPSA) is 357 Å². The number of nitrogens with two attached hydrogens (primary N) is 5. The van der Waals surface area contributed by atoms with Gasteiger partial charge in [-0.25, -0.2) is 0 Å². The lowest BCUT2D eigenvalue weighted by atomic mass is 10.2. The van der Waals surface area contributed by atoms with Crippen LogP contribution in [0.1, 0.15) is 20.3 Å². The van der Waals surface area contributed by atoms with E-state index in [1.165, 1.54) is 13.8 Å². The summed E-state index contributed by atoms with van der Waals surface area (Å²) in [6, 6.07) is -3.70. The molecule has 210 valence electrons. The first-order valence-electron chi connectivity index (χ1n) is 9.46. The van der Waals surface area contributed by atoms with Crippen molar-refractivity contribution in [2.45, 2.75) is 50.5 Å². The minimum atomic E-state index is -1.18. The molecule has 0 fully saturated rings. The number of carboxylic acid groups (broad SMARTS) is 5. The van der Waals surface area contributed by atoms with Gasteiger partial charge in [-0.2, -0.15) is 11.8 Å². The van der Waals surface area contributed by atoms with E-state index in [1.807, 2.05) is 6.26 Å². The Kier molecular flexibility index (Phi) is 33.6. The zero-order valence-corrected chi connectivity index (χ0v) is 20.5. The average molecular weight is 538 g/mol. The van der Waals surface area contributed by atoms with Crippen molar-refractivity contribution in [3.63, 3.8) is 0 Å². The second kappa shape index (κ2) is 27.7. The molecule has 0 spiro atoms. The third kappa shape index (κ3) is 42.1. The van der Waals surface area contributed by atoms with Gasteiger partial charge in [-0.15, -0.1) is 0 Å². The molecule has 35 heavy (non-hydrogen) atoms. The van der Waals surface area contributed by atoms with Gasteiger partial charge < -0.3 is 64.4 Å². The lowest BCUT2D eigenvalue weighted by Gasteiger charge is -2.06. The number of aliphatic carboxylic acids is 5. The molecule has 5 atom stereocenters. The van der Waals surface area contributed by atoms with E-state index in [0.29, 0.717) is 6.42 Å². The van der Waals surface area contributed by atoms with E-state index in [1.54, 1.807) is 11.8 Å². The molecule has 0 aromatic heterocycles. The van der Waals surface area contributed by atoms with Crippen molar-refractivity contribution < 1.29 is 59.7 Å². The number of aliphatic hydroxyl groups excluding tert-OH is 2. The maximum atomic E-state index is 10.1. The molecule has 0 aliphatic rings. The zero-order chi connectivity index (χ0) is 29.3. The second-order valence-electron chi connectivity index (χ2n) is 6.18. The fraction of sp³-hybridized carbons (Fsp3) is 0.706. The van der Waals surface area contributed by atoms with Gasteiger partial charge in [0, 0.05) is 0 Å². The Morgan fingerprint density at radius 1 is 0.771 bits per heavy atom. The van der Waals surface area contributed by atoms with Crippen LogP contribution in [-0.4, -0.2) is 121 Å². The van der Waals surface area contributed by atoms with E-state index < -0.39 is 66.7 Å². The monoisotopic (exact) mass is 537 g/mol. The summed E-state index contributed by atoms with van der Waals surface area (Å²) in [7, 11) is 0. The first-order valence-corrected chi connectivity index (χ1v) is 10.9. The molecular weight excluding hydrogens is 498 g/mol. The van der Waals surface area contributed by atoms with Crippen molar-refractivity contribution in [2.75, 3.05) is 25.2 Å². The Bertz CT molecular complexity index is 596. The van der Waals surface area contributed by atoms with Crippen LogP contribution in [0.3, 0.4) is 0 Å². The molecule has 17 N–H and O–H groups in total. The molecule has 0 aliphatic carbocycles. The van der Waals surface area contributed by atoms with E-state index in [0.717, 1.165) is 5.75 Å². The molecule has 0 aliphatic heterocycles. The van der Waals surface area contributed by atoms with Crippen LogP contribution in [0.5, 0.6) is 0 Å². The summed E-state index contributed by atoms with van der Waals surface area (Å²) in [4.78, 5) is 48.4. The van der Waals surface area contributed by atoms with Crippen LogP contribution in [0.15, 0.2) is 0 Å². The van der Waals surface area contributed by atoms with Crippen LogP contribution in [0.4, 0.5) is 0 Å². The summed E-state index contributed by atoms with van der Waals surface area (Å²) < 4.78 is 0. The predicted octanol–water partition coefficient (Wildman–Crippen LogP) is -4.23. The van der Waals surface area contributed by atoms with Gasteiger partial charge in [0.1, 0.15) is 24.2 Å². The highest BCUT2D eigenvalue weighted by atomic mass is 32.2. The fourth-order valence-corrected chi connectivity index (χ4v) is 1.14. The Balaban J connectivity index is -0.000000109. The van der Waals surface area contributed by atoms with Crippen LogP contribution >= 0.6 is 11.8 Å². The van der Waals surface area contributed by atoms with Crippen molar-refractivity contribution in [3.05, 3.63) is 0 Å². The Morgan fingerprint density at radius 2 is 1.11 bits per heavy atom. The maximum Gasteiger partial charge on any atom is 0.323 e. The molecule has 0 aromatic carbocycles. The van der Waals surface area contributed by atoms with Gasteiger partial charge in [-0.3, -0.25) is 24.0 Å². The smallest absolute Gasteiger partial charge is 0.323 e. The number of aliphatic hydroxyl groups is 2. The minimum absolute atomic E-state index is 0.278. The molecule has 18 heteroatoms. The van der Waals surface area contributed by atoms with E-state index in [4.69, 9.17) is 58.7 Å². The van der Waals surface area contributed by atoms with E-state index in [2.05, 4.69) is 5.73 Å². The van der Waals surface area contributed by atoms with Crippen LogP contribution < -0.4 is 28.7 Å². The highest BCUT2D eigenvalue weighted by molar-refractivity contribution is 7.98. The molecule has 17 nitrogen and oxygen atoms in total. The number of carbonyl (C=O) groups is 5. The third-order valence-corrected chi connectivity index (χ3v) is 3.48. The Morgan fingerprint density at radius 3 is 1.20 bits per heavy atom. The first kappa shape index (κ1) is 42.6. The normalized spacial score (nSPS) is 13.4. The zero-order valence-electron chi connectivity index (χ0n) is 19.7. The molecule has 0 amide bonds. The molecule has 0 heterocycles. The van der Waals surface area contributed by atoms with Crippen molar-refractivity contribution >= 4 is 41.6 Å². The van der Waals surface area contributed by atoms with Crippen molar-refractivity contribution in [1.29, 1.82) is 0 Å². The summed E-state index contributed by atoms with van der Waals surface area (Å²) in [5, 5.41) is 56.2. The lowest BCUT2D eigenvalue weighted by molar-refractivity contribution is -0.141. The van der Waals surface area contributed by atoms with Gasteiger partial charge in [0.05, 0.1) is 19.3 Å². The van der Waals surface area contributed by atoms with Crippen molar-refractivity contribution in [3.8, 4) is 0 Å². The van der Waals surface area contributed by atoms with Crippen molar-refractivity contribution in [2.24, 2.45) is 28.7 Å². The maximum absolute atomic E-state index is 10.1. The molecule has 0 radical (unpaired) electrons. The largest absolute Gasteiger partial charge is 0.480 e. The van der Waals surface area contributed by atoms with Crippen LogP contribution in [0, 0.1) is 0 Å².